The summed E-state index contributed by atoms with van der Waals surface area (Å²) in [5.41, 5.74) is 1.36. The van der Waals surface area contributed by atoms with Crippen molar-refractivity contribution in [3.8, 4) is 0 Å². The number of pyridine rings is 2. The van der Waals surface area contributed by atoms with Gasteiger partial charge in [0, 0.05) is 12.4 Å². The van der Waals surface area contributed by atoms with E-state index in [9.17, 15) is 0 Å². The maximum atomic E-state index is 7.45. The first-order chi connectivity index (χ1) is 17.1. The van der Waals surface area contributed by atoms with Gasteiger partial charge in [0.05, 0.1) is 11.4 Å². The fourth-order valence-electron chi connectivity index (χ4n) is 4.84. The van der Waals surface area contributed by atoms with Crippen LogP contribution in [-0.2, 0) is 20.1 Å². The van der Waals surface area contributed by atoms with Crippen LogP contribution in [-0.4, -0.2) is 26.6 Å². The molecule has 2 aromatic heterocycles. The number of nitrogens with zero attached hydrogens (tertiary/aromatic N) is 2. The third-order valence-electron chi connectivity index (χ3n) is 5.83. The Balaban J connectivity index is 2.28. The predicted molar refractivity (Wildman–Crippen MR) is 152 cm³/mol. The molecule has 2 aromatic carbocycles. The third kappa shape index (κ3) is 5.13. The van der Waals surface area contributed by atoms with E-state index in [0.29, 0.717) is 0 Å². The van der Waals surface area contributed by atoms with Crippen LogP contribution >= 0.6 is 0 Å². The molecule has 6 heteroatoms. The summed E-state index contributed by atoms with van der Waals surface area (Å²) in [6.07, 6.45) is 3.67. The Morgan fingerprint density at radius 2 is 0.806 bits per heavy atom. The van der Waals surface area contributed by atoms with Crippen molar-refractivity contribution in [1.82, 2.24) is 9.97 Å². The maximum Gasteiger partial charge on any atom is 0.185 e. The maximum absolute atomic E-state index is 7.45. The second-order valence-corrected chi connectivity index (χ2v) is 19.8. The minimum Gasteiger partial charge on any atom is -0.400 e. The van der Waals surface area contributed by atoms with Gasteiger partial charge in [-0.1, -0.05) is 72.8 Å². The van der Waals surface area contributed by atoms with E-state index < -0.39 is 27.8 Å². The monoisotopic (exact) mass is 512 g/mol. The van der Waals surface area contributed by atoms with Crippen LogP contribution in [0.1, 0.15) is 22.5 Å². The molecule has 0 aliphatic carbocycles. The van der Waals surface area contributed by atoms with Crippen LogP contribution in [0.3, 0.4) is 0 Å². The zero-order valence-corrected chi connectivity index (χ0v) is 24.1. The first-order valence-corrected chi connectivity index (χ1v) is 19.2. The second kappa shape index (κ2) is 10.2. The predicted octanol–water partition coefficient (Wildman–Crippen LogP) is 7.37. The molecule has 0 N–H and O–H groups in total. The number of rotatable bonds is 9. The Morgan fingerprint density at radius 3 is 1.08 bits per heavy atom. The number of hydrogen-bond donors (Lipinski definition) is 0. The minimum atomic E-state index is -2.24. The molecule has 0 aliphatic rings. The molecule has 0 amide bonds. The van der Waals surface area contributed by atoms with Gasteiger partial charge in [-0.15, -0.1) is 0 Å². The lowest BCUT2D eigenvalue weighted by Crippen LogP contribution is -2.61. The van der Waals surface area contributed by atoms with Crippen LogP contribution in [0.5, 0.6) is 0 Å². The Labute approximate surface area is 217 Å². The second-order valence-electron chi connectivity index (χ2n) is 11.0. The summed E-state index contributed by atoms with van der Waals surface area (Å²) >= 11 is 0. The lowest BCUT2D eigenvalue weighted by molar-refractivity contribution is -0.0929. The number of hydrogen-bond acceptors (Lipinski definition) is 4. The van der Waals surface area contributed by atoms with E-state index in [0.717, 1.165) is 22.5 Å². The van der Waals surface area contributed by atoms with Gasteiger partial charge in [-0.25, -0.2) is 0 Å². The van der Waals surface area contributed by atoms with E-state index in [-0.39, 0.29) is 0 Å². The Kier molecular flexibility index (Phi) is 7.43. The normalized spacial score (nSPS) is 15.6. The van der Waals surface area contributed by atoms with Crippen LogP contribution < -0.4 is 0 Å². The van der Waals surface area contributed by atoms with Crippen molar-refractivity contribution in [1.29, 1.82) is 0 Å². The standard InChI is InChI=1S/C30H36N2O2Si2/c1-35(2,3)33-29(25-17-9-7-10-18-25,27-21-13-15-23-31-27)30(34-36(4,5)6,26-19-11-8-12-20-26)28-22-14-16-24-32-28/h7-24H,1-6H3. The van der Waals surface area contributed by atoms with Gasteiger partial charge in [0.15, 0.2) is 27.8 Å². The molecule has 0 saturated carbocycles. The average molecular weight is 513 g/mol. The van der Waals surface area contributed by atoms with Crippen molar-refractivity contribution in [3.05, 3.63) is 132 Å². The summed E-state index contributed by atoms with van der Waals surface area (Å²) in [6.45, 7) is 13.3. The number of benzene rings is 2. The molecule has 4 rings (SSSR count). The Bertz CT molecular complexity index is 1060. The largest absolute Gasteiger partial charge is 0.400 e. The first kappa shape index (κ1) is 26.2. The molecular formula is C30H36N2O2Si2. The third-order valence-corrected chi connectivity index (χ3v) is 7.66. The van der Waals surface area contributed by atoms with Gasteiger partial charge < -0.3 is 8.85 Å². The molecule has 0 fully saturated rings. The minimum absolute atomic E-state index is 0.798. The summed E-state index contributed by atoms with van der Waals surface area (Å²) < 4.78 is 14.9. The molecule has 4 nitrogen and oxygen atoms in total. The average Bonchev–Trinajstić information content (AvgIpc) is 2.87. The van der Waals surface area contributed by atoms with E-state index >= 15 is 0 Å². The first-order valence-electron chi connectivity index (χ1n) is 12.4. The molecule has 0 bridgehead atoms. The van der Waals surface area contributed by atoms with Crippen molar-refractivity contribution in [2.45, 2.75) is 50.5 Å². The van der Waals surface area contributed by atoms with E-state index in [1.165, 1.54) is 0 Å². The lowest BCUT2D eigenvalue weighted by Gasteiger charge is -2.54. The summed E-state index contributed by atoms with van der Waals surface area (Å²) in [5, 5.41) is 0. The summed E-state index contributed by atoms with van der Waals surface area (Å²) in [7, 11) is -4.48. The topological polar surface area (TPSA) is 44.2 Å². The molecule has 2 unspecified atom stereocenters. The van der Waals surface area contributed by atoms with E-state index in [4.69, 9.17) is 18.8 Å². The van der Waals surface area contributed by atoms with Gasteiger partial charge in [0.2, 0.25) is 0 Å². The van der Waals surface area contributed by atoms with E-state index in [1.807, 2.05) is 48.8 Å². The van der Waals surface area contributed by atoms with Crippen LogP contribution in [0, 0.1) is 0 Å². The van der Waals surface area contributed by atoms with Crippen molar-refractivity contribution < 1.29 is 8.85 Å². The zero-order valence-electron chi connectivity index (χ0n) is 22.1. The van der Waals surface area contributed by atoms with Crippen LogP contribution in [0.15, 0.2) is 109 Å². The zero-order chi connectivity index (χ0) is 25.9. The van der Waals surface area contributed by atoms with Gasteiger partial charge in [0.25, 0.3) is 0 Å². The van der Waals surface area contributed by atoms with Gasteiger partial charge >= 0.3 is 0 Å². The van der Waals surface area contributed by atoms with Crippen molar-refractivity contribution in [2.24, 2.45) is 0 Å². The molecule has 0 saturated heterocycles. The van der Waals surface area contributed by atoms with E-state index in [2.05, 4.69) is 99.9 Å². The van der Waals surface area contributed by atoms with Crippen molar-refractivity contribution >= 4 is 16.6 Å². The quantitative estimate of drug-likeness (QED) is 0.220. The van der Waals surface area contributed by atoms with Crippen LogP contribution in [0.4, 0.5) is 0 Å². The summed E-state index contributed by atoms with van der Waals surface area (Å²) in [4.78, 5) is 9.93. The molecule has 186 valence electrons. The SMILES string of the molecule is C[Si](C)(C)OC(c1ccccc1)(c1ccccn1)C(O[Si](C)(C)C)(c1ccccc1)c1ccccn1. The highest BCUT2D eigenvalue weighted by Gasteiger charge is 2.62. The molecule has 2 heterocycles. The van der Waals surface area contributed by atoms with Crippen molar-refractivity contribution in [2.75, 3.05) is 0 Å². The van der Waals surface area contributed by atoms with Gasteiger partial charge in [0.1, 0.15) is 0 Å². The highest BCUT2D eigenvalue weighted by molar-refractivity contribution is 6.70. The van der Waals surface area contributed by atoms with Gasteiger partial charge in [-0.2, -0.15) is 0 Å². The Hall–Kier alpha value is -2.91. The number of aromatic nitrogens is 2. The molecule has 0 aliphatic heterocycles. The Morgan fingerprint density at radius 1 is 0.472 bits per heavy atom. The molecule has 0 spiro atoms. The molecular weight excluding hydrogens is 477 g/mol. The molecule has 36 heavy (non-hydrogen) atoms. The van der Waals surface area contributed by atoms with Gasteiger partial charge in [-0.3, -0.25) is 9.97 Å². The van der Waals surface area contributed by atoms with Crippen LogP contribution in [0.25, 0.3) is 0 Å². The van der Waals surface area contributed by atoms with Crippen molar-refractivity contribution in [3.63, 3.8) is 0 Å². The fourth-order valence-corrected chi connectivity index (χ4v) is 7.40. The molecule has 4 aromatic rings. The highest BCUT2D eigenvalue weighted by atomic mass is 28.4. The van der Waals surface area contributed by atoms with E-state index in [1.54, 1.807) is 0 Å². The lowest BCUT2D eigenvalue weighted by atomic mass is 9.69. The molecule has 2 atom stereocenters. The molecule has 0 radical (unpaired) electrons. The van der Waals surface area contributed by atoms with Crippen LogP contribution in [0.2, 0.25) is 39.3 Å². The summed E-state index contributed by atoms with van der Waals surface area (Å²) in [5.74, 6) is 0. The highest BCUT2D eigenvalue weighted by Crippen LogP contribution is 2.55. The van der Waals surface area contributed by atoms with Gasteiger partial charge in [-0.05, 0) is 74.7 Å². The smallest absolute Gasteiger partial charge is 0.185 e. The summed E-state index contributed by atoms with van der Waals surface area (Å²) in [6, 6.07) is 32.9. The fraction of sp³-hybridized carbons (Fsp3) is 0.267.